The van der Waals surface area contributed by atoms with E-state index in [1.165, 1.54) is 12.1 Å². The number of aliphatic hydroxyl groups is 1. The average Bonchev–Trinajstić information content (AvgIpc) is 3.19. The fourth-order valence-electron chi connectivity index (χ4n) is 4.13. The van der Waals surface area contributed by atoms with Gasteiger partial charge in [-0.2, -0.15) is 0 Å². The van der Waals surface area contributed by atoms with Crippen molar-refractivity contribution in [2.45, 2.75) is 63.1 Å². The number of aliphatic hydroxyl groups excluding tert-OH is 1. The van der Waals surface area contributed by atoms with E-state index in [4.69, 9.17) is 0 Å². The second-order valence-electron chi connectivity index (χ2n) is 8.60. The van der Waals surface area contributed by atoms with Gasteiger partial charge in [-0.1, -0.05) is 36.4 Å². The van der Waals surface area contributed by atoms with Crippen molar-refractivity contribution in [1.29, 1.82) is 0 Å². The lowest BCUT2D eigenvalue weighted by Crippen LogP contribution is -2.45. The lowest BCUT2D eigenvalue weighted by Gasteiger charge is -2.27. The molecule has 1 aromatic heterocycles. The summed E-state index contributed by atoms with van der Waals surface area (Å²) in [6.07, 6.45) is 2.91. The first kappa shape index (κ1) is 22.2. The third kappa shape index (κ3) is 5.43. The van der Waals surface area contributed by atoms with Crippen molar-refractivity contribution in [2.24, 2.45) is 0 Å². The van der Waals surface area contributed by atoms with Crippen LogP contribution in [0.5, 0.6) is 0 Å². The SMILES string of the molecule is CC(F)(F)c1ccc(C[C@@H](NC(=O)N[C@H]2CC[C@H](O)CC2)c2nc3ccccc3[nH]2)cc1. The second-order valence-corrected chi connectivity index (χ2v) is 8.60. The van der Waals surface area contributed by atoms with Crippen LogP contribution >= 0.6 is 0 Å². The van der Waals surface area contributed by atoms with Gasteiger partial charge in [0.1, 0.15) is 5.82 Å². The summed E-state index contributed by atoms with van der Waals surface area (Å²) in [7, 11) is 0. The predicted octanol–water partition coefficient (Wildman–Crippen LogP) is 4.56. The van der Waals surface area contributed by atoms with Crippen molar-refractivity contribution in [3.05, 3.63) is 65.5 Å². The number of nitrogens with zero attached hydrogens (tertiary/aromatic N) is 1. The third-order valence-corrected chi connectivity index (χ3v) is 5.98. The molecule has 8 heteroatoms. The van der Waals surface area contributed by atoms with Crippen LogP contribution in [0.4, 0.5) is 13.6 Å². The van der Waals surface area contributed by atoms with E-state index < -0.39 is 12.0 Å². The Kier molecular flexibility index (Phi) is 6.41. The zero-order valence-corrected chi connectivity index (χ0v) is 17.9. The molecule has 0 unspecified atom stereocenters. The van der Waals surface area contributed by atoms with Crippen molar-refractivity contribution >= 4 is 17.1 Å². The van der Waals surface area contributed by atoms with Gasteiger partial charge in [0.05, 0.1) is 23.2 Å². The first-order chi connectivity index (χ1) is 15.3. The third-order valence-electron chi connectivity index (χ3n) is 5.98. The van der Waals surface area contributed by atoms with Crippen LogP contribution in [0.15, 0.2) is 48.5 Å². The Labute approximate surface area is 185 Å². The van der Waals surface area contributed by atoms with E-state index in [0.717, 1.165) is 36.4 Å². The van der Waals surface area contributed by atoms with Crippen LogP contribution in [-0.2, 0) is 12.3 Å². The number of rotatable bonds is 6. The minimum Gasteiger partial charge on any atom is -0.393 e. The molecule has 0 bridgehead atoms. The van der Waals surface area contributed by atoms with Crippen LogP contribution in [0.2, 0.25) is 0 Å². The van der Waals surface area contributed by atoms with Crippen molar-refractivity contribution in [3.8, 4) is 0 Å². The number of nitrogens with one attached hydrogen (secondary N) is 3. The summed E-state index contributed by atoms with van der Waals surface area (Å²) in [5, 5.41) is 15.6. The number of H-pyrrole nitrogens is 1. The fraction of sp³-hybridized carbons (Fsp3) is 0.417. The number of benzene rings is 2. The van der Waals surface area contributed by atoms with Crippen LogP contribution in [-0.4, -0.2) is 33.3 Å². The van der Waals surface area contributed by atoms with Gasteiger partial charge < -0.3 is 20.7 Å². The summed E-state index contributed by atoms with van der Waals surface area (Å²) in [6, 6.07) is 13.0. The highest BCUT2D eigenvalue weighted by molar-refractivity contribution is 5.76. The Hall–Kier alpha value is -3.00. The van der Waals surface area contributed by atoms with E-state index in [-0.39, 0.29) is 23.7 Å². The van der Waals surface area contributed by atoms with Gasteiger partial charge >= 0.3 is 6.03 Å². The molecule has 1 fully saturated rings. The number of imidazole rings is 1. The molecule has 0 aliphatic heterocycles. The van der Waals surface area contributed by atoms with Crippen LogP contribution < -0.4 is 10.6 Å². The maximum Gasteiger partial charge on any atom is 0.315 e. The maximum absolute atomic E-state index is 13.6. The summed E-state index contributed by atoms with van der Waals surface area (Å²) in [4.78, 5) is 20.6. The smallest absolute Gasteiger partial charge is 0.315 e. The standard InChI is InChI=1S/C24H28F2N4O2/c1-24(25,26)16-8-6-15(7-9-16)14-21(22-28-19-4-2-3-5-20(19)29-22)30-23(32)27-17-10-12-18(31)13-11-17/h2-9,17-18,21,31H,10-14H2,1H3,(H,28,29)(H2,27,30,32)/t17-,18-,21-/m1/s1. The Bertz CT molecular complexity index is 1020. The Morgan fingerprint density at radius 1 is 1.16 bits per heavy atom. The molecule has 1 aliphatic carbocycles. The molecule has 1 saturated carbocycles. The summed E-state index contributed by atoms with van der Waals surface area (Å²) >= 11 is 0. The number of alkyl halides is 2. The van der Waals surface area contributed by atoms with Crippen molar-refractivity contribution in [1.82, 2.24) is 20.6 Å². The highest BCUT2D eigenvalue weighted by Crippen LogP contribution is 2.28. The van der Waals surface area contributed by atoms with Crippen molar-refractivity contribution in [2.75, 3.05) is 0 Å². The average molecular weight is 443 g/mol. The first-order valence-corrected chi connectivity index (χ1v) is 10.9. The van der Waals surface area contributed by atoms with E-state index in [2.05, 4.69) is 20.6 Å². The van der Waals surface area contributed by atoms with Gasteiger partial charge in [-0.25, -0.2) is 18.6 Å². The number of aromatic nitrogens is 2. The largest absolute Gasteiger partial charge is 0.393 e. The number of hydrogen-bond donors (Lipinski definition) is 4. The summed E-state index contributed by atoms with van der Waals surface area (Å²) < 4.78 is 27.1. The van der Waals surface area contributed by atoms with Gasteiger partial charge in [-0.05, 0) is 49.8 Å². The van der Waals surface area contributed by atoms with Gasteiger partial charge in [0.2, 0.25) is 0 Å². The summed E-state index contributed by atoms with van der Waals surface area (Å²) in [6.45, 7) is 0.870. The zero-order chi connectivity index (χ0) is 22.7. The van der Waals surface area contributed by atoms with Crippen LogP contribution in [0, 0.1) is 0 Å². The molecule has 1 aliphatic rings. The molecular weight excluding hydrogens is 414 g/mol. The van der Waals surface area contributed by atoms with Crippen molar-refractivity contribution < 1.29 is 18.7 Å². The van der Waals surface area contributed by atoms with Gasteiger partial charge in [-0.3, -0.25) is 0 Å². The second kappa shape index (κ2) is 9.24. The number of carbonyl (C=O) groups excluding carboxylic acids is 1. The van der Waals surface area contributed by atoms with Crippen LogP contribution in [0.25, 0.3) is 11.0 Å². The number of para-hydroxylation sites is 2. The number of hydrogen-bond acceptors (Lipinski definition) is 3. The molecule has 2 aromatic carbocycles. The summed E-state index contributed by atoms with van der Waals surface area (Å²) in [5.74, 6) is -2.30. The number of amides is 2. The first-order valence-electron chi connectivity index (χ1n) is 10.9. The van der Waals surface area contributed by atoms with E-state index in [0.29, 0.717) is 25.1 Å². The zero-order valence-electron chi connectivity index (χ0n) is 17.9. The normalized spacial score (nSPS) is 20.1. The van der Waals surface area contributed by atoms with E-state index in [9.17, 15) is 18.7 Å². The number of aromatic amines is 1. The molecular formula is C24H28F2N4O2. The predicted molar refractivity (Wildman–Crippen MR) is 118 cm³/mol. The lowest BCUT2D eigenvalue weighted by atomic mass is 9.93. The van der Waals surface area contributed by atoms with Crippen LogP contribution in [0.1, 0.15) is 55.6 Å². The molecule has 0 saturated heterocycles. The molecule has 4 N–H and O–H groups in total. The summed E-state index contributed by atoms with van der Waals surface area (Å²) in [5.41, 5.74) is 2.41. The van der Waals surface area contributed by atoms with Gasteiger partial charge in [-0.15, -0.1) is 0 Å². The molecule has 3 aromatic rings. The maximum atomic E-state index is 13.6. The molecule has 2 amide bonds. The monoisotopic (exact) mass is 442 g/mol. The highest BCUT2D eigenvalue weighted by Gasteiger charge is 2.26. The van der Waals surface area contributed by atoms with E-state index >= 15 is 0 Å². The molecule has 0 spiro atoms. The molecule has 1 heterocycles. The number of fused-ring (bicyclic) bond motifs is 1. The Balaban J connectivity index is 1.52. The van der Waals surface area contributed by atoms with Crippen molar-refractivity contribution in [3.63, 3.8) is 0 Å². The Morgan fingerprint density at radius 3 is 2.50 bits per heavy atom. The molecule has 0 radical (unpaired) electrons. The number of halogens is 2. The molecule has 4 rings (SSSR count). The molecule has 6 nitrogen and oxygen atoms in total. The molecule has 32 heavy (non-hydrogen) atoms. The Morgan fingerprint density at radius 2 is 1.84 bits per heavy atom. The number of carbonyl (C=O) groups is 1. The fourth-order valence-corrected chi connectivity index (χ4v) is 4.13. The van der Waals surface area contributed by atoms with Crippen LogP contribution in [0.3, 0.4) is 0 Å². The van der Waals surface area contributed by atoms with E-state index in [1.807, 2.05) is 24.3 Å². The lowest BCUT2D eigenvalue weighted by molar-refractivity contribution is 0.0174. The molecule has 1 atom stereocenters. The van der Waals surface area contributed by atoms with Gasteiger partial charge in [0.25, 0.3) is 5.92 Å². The minimum absolute atomic E-state index is 0.0146. The van der Waals surface area contributed by atoms with E-state index in [1.54, 1.807) is 12.1 Å². The minimum atomic E-state index is -2.90. The quantitative estimate of drug-likeness (QED) is 0.451. The molecule has 170 valence electrons. The van der Waals surface area contributed by atoms with Gasteiger partial charge in [0.15, 0.2) is 0 Å². The number of urea groups is 1. The topological polar surface area (TPSA) is 90.0 Å². The highest BCUT2D eigenvalue weighted by atomic mass is 19.3. The van der Waals surface area contributed by atoms with Gasteiger partial charge in [0, 0.05) is 18.5 Å².